The number of methoxy groups -OCH3 is 1. The standard InChI is InChI=1S/C41H32Cl3N3O6/c1-3-21-4-10-25(11-5-21)46-37(49)28-15-14-27-29(35(28)39(46)51)20-31-38(50)47(45-33-16-8-24(43)19-32(33)44)40(52)41(31,22-6-12-26(53-2)13-7-22)36(27)30-18-23(42)9-17-34(30)48/h3-14,16-19,28-29,31,35-36,45,48H,1,15,20H2,2H3/t28-,29+,31-,35-,36+,41+/m0/s1. The van der Waals surface area contributed by atoms with Gasteiger partial charge in [0, 0.05) is 21.5 Å². The smallest absolute Gasteiger partial charge is 0.260 e. The maximum Gasteiger partial charge on any atom is 0.260 e. The van der Waals surface area contributed by atoms with Gasteiger partial charge in [0.25, 0.3) is 11.8 Å². The first kappa shape index (κ1) is 35.0. The van der Waals surface area contributed by atoms with Gasteiger partial charge in [0.05, 0.1) is 46.7 Å². The quantitative estimate of drug-likeness (QED) is 0.144. The van der Waals surface area contributed by atoms with Crippen molar-refractivity contribution in [1.29, 1.82) is 0 Å². The van der Waals surface area contributed by atoms with E-state index >= 15 is 4.79 Å². The van der Waals surface area contributed by atoms with E-state index in [1.54, 1.807) is 72.8 Å². The van der Waals surface area contributed by atoms with Crippen molar-refractivity contribution in [2.24, 2.45) is 23.7 Å². The van der Waals surface area contributed by atoms with Crippen LogP contribution in [0.4, 0.5) is 11.4 Å². The fraction of sp³-hybridized carbons (Fsp3) is 0.220. The van der Waals surface area contributed by atoms with E-state index < -0.39 is 46.8 Å². The molecule has 4 amide bonds. The summed E-state index contributed by atoms with van der Waals surface area (Å²) >= 11 is 19.3. The molecule has 0 bridgehead atoms. The summed E-state index contributed by atoms with van der Waals surface area (Å²) in [6.45, 7) is 3.79. The monoisotopic (exact) mass is 767 g/mol. The molecule has 53 heavy (non-hydrogen) atoms. The Morgan fingerprint density at radius 3 is 2.25 bits per heavy atom. The number of phenols is 1. The van der Waals surface area contributed by atoms with Crippen LogP contribution in [0.5, 0.6) is 11.5 Å². The summed E-state index contributed by atoms with van der Waals surface area (Å²) in [5.41, 5.74) is 4.36. The molecule has 0 spiro atoms. The van der Waals surface area contributed by atoms with Gasteiger partial charge in [-0.2, -0.15) is 5.01 Å². The molecular weight excluding hydrogens is 737 g/mol. The number of phenolic OH excluding ortho intramolecular Hbond substituents is 1. The van der Waals surface area contributed by atoms with E-state index in [2.05, 4.69) is 12.0 Å². The van der Waals surface area contributed by atoms with Crippen molar-refractivity contribution in [3.63, 3.8) is 0 Å². The Bertz CT molecular complexity index is 2260. The fourth-order valence-electron chi connectivity index (χ4n) is 8.96. The van der Waals surface area contributed by atoms with Gasteiger partial charge in [-0.05, 0) is 90.6 Å². The number of amides is 4. The number of hydrazine groups is 1. The highest BCUT2D eigenvalue weighted by Gasteiger charge is 2.70. The summed E-state index contributed by atoms with van der Waals surface area (Å²) in [7, 11) is 1.53. The van der Waals surface area contributed by atoms with Crippen molar-refractivity contribution in [1.82, 2.24) is 5.01 Å². The number of hydrogen-bond donors (Lipinski definition) is 2. The number of nitrogens with zero attached hydrogens (tertiary/aromatic N) is 2. The SMILES string of the molecule is C=Cc1ccc(N2C(=O)[C@H]3[C@H](CC=C4[C@H]3C[C@H]3C(=O)N(Nc5ccc(Cl)cc5Cl)C(=O)[C@@]3(c3ccc(OC)cc3)[C@H]4c3cc(Cl)ccc3O)C2=O)cc1. The summed E-state index contributed by atoms with van der Waals surface area (Å²) in [6.07, 6.45) is 3.87. The van der Waals surface area contributed by atoms with Crippen LogP contribution in [0.2, 0.25) is 15.1 Å². The number of imide groups is 2. The van der Waals surface area contributed by atoms with Crippen LogP contribution in [0.3, 0.4) is 0 Å². The van der Waals surface area contributed by atoms with Crippen LogP contribution in [0, 0.1) is 23.7 Å². The number of benzene rings is 4. The van der Waals surface area contributed by atoms with Crippen LogP contribution in [-0.4, -0.2) is 40.9 Å². The first-order valence-electron chi connectivity index (χ1n) is 17.0. The highest BCUT2D eigenvalue weighted by Crippen LogP contribution is 2.65. The van der Waals surface area contributed by atoms with E-state index in [0.29, 0.717) is 38.2 Å². The summed E-state index contributed by atoms with van der Waals surface area (Å²) in [4.78, 5) is 60.1. The normalized spacial score (nSPS) is 26.2. The van der Waals surface area contributed by atoms with Gasteiger partial charge >= 0.3 is 0 Å². The Morgan fingerprint density at radius 1 is 0.868 bits per heavy atom. The van der Waals surface area contributed by atoms with Crippen molar-refractivity contribution in [2.45, 2.75) is 24.2 Å². The topological polar surface area (TPSA) is 116 Å². The zero-order chi connectivity index (χ0) is 37.3. The predicted molar refractivity (Wildman–Crippen MR) is 203 cm³/mol. The minimum atomic E-state index is -1.64. The number of carbonyl (C=O) groups excluding carboxylic acids is 4. The first-order valence-corrected chi connectivity index (χ1v) is 18.2. The average Bonchev–Trinajstić information content (AvgIpc) is 3.54. The Morgan fingerprint density at radius 2 is 1.57 bits per heavy atom. The molecule has 268 valence electrons. The van der Waals surface area contributed by atoms with Crippen molar-refractivity contribution in [3.05, 3.63) is 135 Å². The van der Waals surface area contributed by atoms with Crippen molar-refractivity contribution in [2.75, 3.05) is 17.4 Å². The minimum absolute atomic E-state index is 0.0657. The zero-order valence-corrected chi connectivity index (χ0v) is 30.5. The molecule has 8 rings (SSSR count). The Labute approximate surface area is 320 Å². The van der Waals surface area contributed by atoms with Gasteiger partial charge in [-0.15, -0.1) is 0 Å². The van der Waals surface area contributed by atoms with Crippen LogP contribution in [0.15, 0.2) is 103 Å². The predicted octanol–water partition coefficient (Wildman–Crippen LogP) is 8.19. The molecule has 6 atom stereocenters. The number of halogens is 3. The van der Waals surface area contributed by atoms with E-state index in [4.69, 9.17) is 39.5 Å². The molecule has 2 N–H and O–H groups in total. The van der Waals surface area contributed by atoms with Crippen LogP contribution in [-0.2, 0) is 24.6 Å². The first-order chi connectivity index (χ1) is 25.5. The molecule has 0 aromatic heterocycles. The molecule has 4 aromatic carbocycles. The number of anilines is 2. The number of fused-ring (bicyclic) bond motifs is 4. The second-order valence-electron chi connectivity index (χ2n) is 13.7. The Balaban J connectivity index is 1.33. The summed E-state index contributed by atoms with van der Waals surface area (Å²) < 4.78 is 5.45. The highest BCUT2D eigenvalue weighted by atomic mass is 35.5. The lowest BCUT2D eigenvalue weighted by atomic mass is 9.49. The van der Waals surface area contributed by atoms with Gasteiger partial charge < -0.3 is 9.84 Å². The third-order valence-electron chi connectivity index (χ3n) is 11.3. The molecule has 2 aliphatic carbocycles. The lowest BCUT2D eigenvalue weighted by Gasteiger charge is -2.50. The van der Waals surface area contributed by atoms with Gasteiger partial charge in [0.2, 0.25) is 11.8 Å². The van der Waals surface area contributed by atoms with Gasteiger partial charge in [0.1, 0.15) is 11.5 Å². The van der Waals surface area contributed by atoms with Crippen molar-refractivity contribution < 1.29 is 29.0 Å². The van der Waals surface area contributed by atoms with E-state index in [1.165, 1.54) is 30.2 Å². The Hall–Kier alpha value is -5.09. The lowest BCUT2D eigenvalue weighted by Crippen LogP contribution is -2.53. The van der Waals surface area contributed by atoms with Gasteiger partial charge in [-0.1, -0.05) is 83.4 Å². The zero-order valence-electron chi connectivity index (χ0n) is 28.3. The third-order valence-corrected chi connectivity index (χ3v) is 12.1. The highest BCUT2D eigenvalue weighted by molar-refractivity contribution is 6.36. The molecule has 1 saturated carbocycles. The number of ether oxygens (including phenoxy) is 1. The fourth-order valence-corrected chi connectivity index (χ4v) is 9.59. The molecule has 4 aliphatic rings. The summed E-state index contributed by atoms with van der Waals surface area (Å²) in [5.74, 6) is -5.65. The molecule has 2 aliphatic heterocycles. The van der Waals surface area contributed by atoms with E-state index in [9.17, 15) is 19.5 Å². The summed E-state index contributed by atoms with van der Waals surface area (Å²) in [6, 6.07) is 23.1. The molecular formula is C41H32Cl3N3O6. The summed E-state index contributed by atoms with van der Waals surface area (Å²) in [5, 5.41) is 13.4. The van der Waals surface area contributed by atoms with E-state index in [1.807, 2.05) is 6.08 Å². The number of nitrogens with one attached hydrogen (secondary N) is 1. The lowest BCUT2D eigenvalue weighted by molar-refractivity contribution is -0.138. The van der Waals surface area contributed by atoms with Crippen LogP contribution in [0.1, 0.15) is 35.4 Å². The maximum atomic E-state index is 15.4. The second kappa shape index (κ2) is 13.1. The van der Waals surface area contributed by atoms with Crippen LogP contribution >= 0.6 is 34.8 Å². The van der Waals surface area contributed by atoms with Crippen molar-refractivity contribution >= 4 is 75.9 Å². The average molecular weight is 769 g/mol. The third kappa shape index (κ3) is 5.28. The number of carbonyl (C=O) groups is 4. The van der Waals surface area contributed by atoms with Gasteiger partial charge in [0.15, 0.2) is 0 Å². The number of allylic oxidation sites excluding steroid dienone is 2. The number of hydrogen-bond acceptors (Lipinski definition) is 7. The van der Waals surface area contributed by atoms with Crippen LogP contribution in [0.25, 0.3) is 6.08 Å². The second-order valence-corrected chi connectivity index (χ2v) is 15.0. The van der Waals surface area contributed by atoms with E-state index in [0.717, 1.165) is 10.6 Å². The Kier molecular flexibility index (Phi) is 8.64. The van der Waals surface area contributed by atoms with Crippen LogP contribution < -0.4 is 15.1 Å². The molecule has 0 radical (unpaired) electrons. The van der Waals surface area contributed by atoms with Gasteiger partial charge in [-0.25, -0.2) is 0 Å². The largest absolute Gasteiger partial charge is 0.508 e. The molecule has 3 fully saturated rings. The molecule has 2 saturated heterocycles. The van der Waals surface area contributed by atoms with Gasteiger partial charge in [-0.3, -0.25) is 29.5 Å². The van der Waals surface area contributed by atoms with Crippen molar-refractivity contribution in [3.8, 4) is 11.5 Å². The molecule has 9 nitrogen and oxygen atoms in total. The molecule has 4 aromatic rings. The molecule has 2 heterocycles. The maximum absolute atomic E-state index is 15.4. The molecule has 12 heteroatoms. The minimum Gasteiger partial charge on any atom is -0.508 e. The molecule has 0 unspecified atom stereocenters. The number of aromatic hydroxyl groups is 1. The van der Waals surface area contributed by atoms with E-state index in [-0.39, 0.29) is 41.1 Å². The number of rotatable bonds is 7.